The van der Waals surface area contributed by atoms with Gasteiger partial charge in [0.2, 0.25) is 0 Å². The fourth-order valence-corrected chi connectivity index (χ4v) is 2.59. The van der Waals surface area contributed by atoms with E-state index >= 15 is 0 Å². The Labute approximate surface area is 97.9 Å². The fourth-order valence-electron chi connectivity index (χ4n) is 2.59. The highest BCUT2D eigenvalue weighted by Gasteiger charge is 2.25. The molecule has 0 saturated carbocycles. The second kappa shape index (κ2) is 4.98. The summed E-state index contributed by atoms with van der Waals surface area (Å²) < 4.78 is 0. The lowest BCUT2D eigenvalue weighted by Crippen LogP contribution is -2.26. The molecular formula is C14H21NO. The van der Waals surface area contributed by atoms with Crippen LogP contribution in [-0.4, -0.2) is 22.6 Å². The van der Waals surface area contributed by atoms with E-state index in [-0.39, 0.29) is 6.61 Å². The molecule has 1 aliphatic rings. The second-order valence-electron chi connectivity index (χ2n) is 5.09. The van der Waals surface area contributed by atoms with Crippen LogP contribution >= 0.6 is 0 Å². The molecule has 2 atom stereocenters. The van der Waals surface area contributed by atoms with Gasteiger partial charge in [-0.15, -0.1) is 0 Å². The third kappa shape index (κ3) is 2.63. The average molecular weight is 219 g/mol. The summed E-state index contributed by atoms with van der Waals surface area (Å²) in [6.45, 7) is 7.02. The molecule has 2 heteroatoms. The number of rotatable bonds is 3. The normalized spacial score (nSPS) is 26.2. The van der Waals surface area contributed by atoms with Gasteiger partial charge in [-0.2, -0.15) is 0 Å². The Balaban J connectivity index is 1.98. The monoisotopic (exact) mass is 219 g/mol. The summed E-state index contributed by atoms with van der Waals surface area (Å²) in [6, 6.07) is 8.98. The van der Waals surface area contributed by atoms with Crippen LogP contribution in [0, 0.1) is 5.92 Å². The van der Waals surface area contributed by atoms with Gasteiger partial charge in [0, 0.05) is 19.1 Å². The van der Waals surface area contributed by atoms with Crippen molar-refractivity contribution in [2.75, 3.05) is 6.54 Å². The molecule has 1 aliphatic heterocycles. The predicted molar refractivity (Wildman–Crippen MR) is 66.0 cm³/mol. The number of nitrogens with zero attached hydrogens (tertiary/aromatic N) is 1. The fraction of sp³-hybridized carbons (Fsp3) is 0.571. The number of hydrogen-bond donors (Lipinski definition) is 1. The topological polar surface area (TPSA) is 23.5 Å². The summed E-state index contributed by atoms with van der Waals surface area (Å²) in [5, 5.41) is 8.98. The van der Waals surface area contributed by atoms with Gasteiger partial charge in [-0.3, -0.25) is 4.90 Å². The van der Waals surface area contributed by atoms with E-state index in [1.54, 1.807) is 0 Å². The number of aliphatic hydroxyl groups is 1. The molecule has 0 amide bonds. The molecule has 1 fully saturated rings. The van der Waals surface area contributed by atoms with Crippen LogP contribution in [0.3, 0.4) is 0 Å². The minimum atomic E-state index is 0.136. The maximum atomic E-state index is 8.98. The molecular weight excluding hydrogens is 198 g/mol. The van der Waals surface area contributed by atoms with Gasteiger partial charge in [0.15, 0.2) is 0 Å². The lowest BCUT2D eigenvalue weighted by atomic mass is 10.1. The largest absolute Gasteiger partial charge is 0.392 e. The molecule has 1 aromatic carbocycles. The van der Waals surface area contributed by atoms with Crippen molar-refractivity contribution in [2.24, 2.45) is 5.92 Å². The highest BCUT2D eigenvalue weighted by atomic mass is 16.3. The van der Waals surface area contributed by atoms with Crippen molar-refractivity contribution in [3.63, 3.8) is 0 Å². The Morgan fingerprint density at radius 3 is 2.31 bits per heavy atom. The van der Waals surface area contributed by atoms with Gasteiger partial charge < -0.3 is 5.11 Å². The Kier molecular flexibility index (Phi) is 3.62. The van der Waals surface area contributed by atoms with E-state index in [0.29, 0.717) is 6.04 Å². The van der Waals surface area contributed by atoms with Crippen LogP contribution in [0.2, 0.25) is 0 Å². The highest BCUT2D eigenvalue weighted by Crippen LogP contribution is 2.24. The predicted octanol–water partition coefficient (Wildman–Crippen LogP) is 2.41. The molecule has 0 spiro atoms. The van der Waals surface area contributed by atoms with E-state index in [4.69, 9.17) is 5.11 Å². The number of hydrogen-bond acceptors (Lipinski definition) is 2. The first-order valence-corrected chi connectivity index (χ1v) is 6.11. The molecule has 2 rings (SSSR count). The van der Waals surface area contributed by atoms with Crippen molar-refractivity contribution >= 4 is 0 Å². The first-order valence-electron chi connectivity index (χ1n) is 6.11. The second-order valence-corrected chi connectivity index (χ2v) is 5.09. The van der Waals surface area contributed by atoms with E-state index in [0.717, 1.165) is 18.0 Å². The molecule has 88 valence electrons. The molecule has 1 N–H and O–H groups in total. The summed E-state index contributed by atoms with van der Waals surface area (Å²) in [7, 11) is 0. The smallest absolute Gasteiger partial charge is 0.0681 e. The van der Waals surface area contributed by atoms with E-state index in [2.05, 4.69) is 30.9 Å². The number of likely N-dealkylation sites (tertiary alicyclic amines) is 1. The van der Waals surface area contributed by atoms with Gasteiger partial charge in [0.25, 0.3) is 0 Å². The molecule has 1 aromatic rings. The maximum Gasteiger partial charge on any atom is 0.0681 e. The molecule has 0 radical (unpaired) electrons. The summed E-state index contributed by atoms with van der Waals surface area (Å²) in [6.07, 6.45) is 1.31. The Morgan fingerprint density at radius 2 is 1.81 bits per heavy atom. The molecule has 0 bridgehead atoms. The van der Waals surface area contributed by atoms with Gasteiger partial charge >= 0.3 is 0 Å². The summed E-state index contributed by atoms with van der Waals surface area (Å²) in [5.41, 5.74) is 2.34. The van der Waals surface area contributed by atoms with Gasteiger partial charge in [-0.25, -0.2) is 0 Å². The van der Waals surface area contributed by atoms with Gasteiger partial charge in [0.1, 0.15) is 0 Å². The van der Waals surface area contributed by atoms with Gasteiger partial charge in [0.05, 0.1) is 6.61 Å². The van der Waals surface area contributed by atoms with Crippen molar-refractivity contribution < 1.29 is 5.11 Å². The number of benzene rings is 1. The third-order valence-corrected chi connectivity index (χ3v) is 3.50. The molecule has 16 heavy (non-hydrogen) atoms. The van der Waals surface area contributed by atoms with Crippen molar-refractivity contribution in [2.45, 2.75) is 39.5 Å². The van der Waals surface area contributed by atoms with Crippen LogP contribution in [-0.2, 0) is 13.2 Å². The Bertz CT molecular complexity index is 333. The van der Waals surface area contributed by atoms with E-state index < -0.39 is 0 Å². The first kappa shape index (κ1) is 11.6. The lowest BCUT2D eigenvalue weighted by molar-refractivity contribution is 0.256. The van der Waals surface area contributed by atoms with Crippen molar-refractivity contribution in [1.82, 2.24) is 4.90 Å². The molecule has 2 nitrogen and oxygen atoms in total. The first-order chi connectivity index (χ1) is 7.69. The molecule has 0 aromatic heterocycles. The van der Waals surface area contributed by atoms with Crippen molar-refractivity contribution in [3.05, 3.63) is 35.4 Å². The molecule has 0 aliphatic carbocycles. The molecule has 2 unspecified atom stereocenters. The van der Waals surface area contributed by atoms with Crippen LogP contribution in [0.25, 0.3) is 0 Å². The van der Waals surface area contributed by atoms with Crippen LogP contribution < -0.4 is 0 Å². The van der Waals surface area contributed by atoms with Crippen LogP contribution in [0.4, 0.5) is 0 Å². The minimum absolute atomic E-state index is 0.136. The van der Waals surface area contributed by atoms with Gasteiger partial charge in [-0.1, -0.05) is 31.2 Å². The Morgan fingerprint density at radius 1 is 1.19 bits per heavy atom. The molecule has 1 heterocycles. The van der Waals surface area contributed by atoms with E-state index in [1.807, 2.05) is 12.1 Å². The highest BCUT2D eigenvalue weighted by molar-refractivity contribution is 5.22. The number of aliphatic hydroxyl groups excluding tert-OH is 1. The standard InChI is InChI=1S/C14H21NO/c1-11-7-12(2)15(8-11)9-13-3-5-14(10-16)6-4-13/h3-6,11-12,16H,7-10H2,1-2H3. The summed E-state index contributed by atoms with van der Waals surface area (Å²) in [4.78, 5) is 2.54. The van der Waals surface area contributed by atoms with Crippen LogP contribution in [0.1, 0.15) is 31.4 Å². The van der Waals surface area contributed by atoms with E-state index in [9.17, 15) is 0 Å². The maximum absolute atomic E-state index is 8.98. The summed E-state index contributed by atoms with van der Waals surface area (Å²) >= 11 is 0. The quantitative estimate of drug-likeness (QED) is 0.844. The lowest BCUT2D eigenvalue weighted by Gasteiger charge is -2.21. The average Bonchev–Trinajstić information content (AvgIpc) is 2.59. The molecule has 1 saturated heterocycles. The zero-order valence-electron chi connectivity index (χ0n) is 10.2. The Hall–Kier alpha value is -0.860. The van der Waals surface area contributed by atoms with Crippen LogP contribution in [0.15, 0.2) is 24.3 Å². The van der Waals surface area contributed by atoms with E-state index in [1.165, 1.54) is 18.5 Å². The summed E-state index contributed by atoms with van der Waals surface area (Å²) in [5.74, 6) is 0.826. The van der Waals surface area contributed by atoms with Gasteiger partial charge in [-0.05, 0) is 30.4 Å². The third-order valence-electron chi connectivity index (χ3n) is 3.50. The van der Waals surface area contributed by atoms with Crippen LogP contribution in [0.5, 0.6) is 0 Å². The zero-order chi connectivity index (χ0) is 11.5. The van der Waals surface area contributed by atoms with Crippen molar-refractivity contribution in [1.29, 1.82) is 0 Å². The minimum Gasteiger partial charge on any atom is -0.392 e. The SMILES string of the molecule is CC1CC(C)N(Cc2ccc(CO)cc2)C1. The zero-order valence-corrected chi connectivity index (χ0v) is 10.2. The van der Waals surface area contributed by atoms with Crippen molar-refractivity contribution in [3.8, 4) is 0 Å².